The first-order valence-corrected chi connectivity index (χ1v) is 5.76. The Morgan fingerprint density at radius 3 is 2.69 bits per heavy atom. The molecule has 0 amide bonds. The Morgan fingerprint density at radius 2 is 2.12 bits per heavy atom. The van der Waals surface area contributed by atoms with Crippen molar-refractivity contribution in [2.75, 3.05) is 33.8 Å². The Bertz CT molecular complexity index is 331. The molecule has 1 aromatic rings. The highest BCUT2D eigenvalue weighted by molar-refractivity contribution is 6.32. The number of ether oxygens (including phenoxy) is 1. The molecule has 0 heterocycles. The second kappa shape index (κ2) is 6.74. The Kier molecular flexibility index (Phi) is 5.60. The second-order valence-corrected chi connectivity index (χ2v) is 4.22. The number of halogens is 1. The van der Waals surface area contributed by atoms with Gasteiger partial charge >= 0.3 is 0 Å². The monoisotopic (exact) mass is 242 g/mol. The molecule has 0 aromatic heterocycles. The molecule has 0 bridgehead atoms. The lowest BCUT2D eigenvalue weighted by Gasteiger charge is -2.15. The Morgan fingerprint density at radius 1 is 1.38 bits per heavy atom. The molecule has 4 heteroatoms. The number of benzene rings is 1. The molecule has 3 nitrogen and oxygen atoms in total. The minimum absolute atomic E-state index is 0.668. The molecule has 0 aliphatic rings. The van der Waals surface area contributed by atoms with Gasteiger partial charge in [0.2, 0.25) is 0 Å². The van der Waals surface area contributed by atoms with E-state index in [4.69, 9.17) is 22.1 Å². The van der Waals surface area contributed by atoms with E-state index in [1.165, 1.54) is 5.56 Å². The van der Waals surface area contributed by atoms with Crippen molar-refractivity contribution >= 4 is 11.6 Å². The highest BCUT2D eigenvalue weighted by Crippen LogP contribution is 2.25. The van der Waals surface area contributed by atoms with Crippen LogP contribution in [0.5, 0.6) is 5.75 Å². The molecule has 0 saturated carbocycles. The van der Waals surface area contributed by atoms with Crippen molar-refractivity contribution in [3.05, 3.63) is 28.8 Å². The largest absolute Gasteiger partial charge is 0.495 e. The lowest BCUT2D eigenvalue weighted by Crippen LogP contribution is -2.27. The minimum Gasteiger partial charge on any atom is -0.495 e. The quantitative estimate of drug-likeness (QED) is 0.827. The third-order valence-electron chi connectivity index (χ3n) is 2.51. The molecule has 0 atom stereocenters. The van der Waals surface area contributed by atoms with E-state index in [2.05, 4.69) is 11.9 Å². The molecule has 1 aromatic carbocycles. The highest BCUT2D eigenvalue weighted by Gasteiger charge is 2.03. The molecular weight excluding hydrogens is 224 g/mol. The zero-order valence-electron chi connectivity index (χ0n) is 9.87. The molecule has 0 aliphatic carbocycles. The Hall–Kier alpha value is -0.770. The van der Waals surface area contributed by atoms with Crippen molar-refractivity contribution in [3.8, 4) is 5.75 Å². The summed E-state index contributed by atoms with van der Waals surface area (Å²) in [6, 6.07) is 5.90. The zero-order valence-corrected chi connectivity index (χ0v) is 10.6. The number of methoxy groups -OCH3 is 1. The molecule has 0 spiro atoms. The van der Waals surface area contributed by atoms with Crippen molar-refractivity contribution in [3.63, 3.8) is 0 Å². The third kappa shape index (κ3) is 4.00. The first-order chi connectivity index (χ1) is 7.67. The predicted octanol–water partition coefficient (Wildman–Crippen LogP) is 1.78. The minimum atomic E-state index is 0.668. The summed E-state index contributed by atoms with van der Waals surface area (Å²) in [5, 5.41) is 0.668. The van der Waals surface area contributed by atoms with Crippen LogP contribution in [0.3, 0.4) is 0 Å². The van der Waals surface area contributed by atoms with E-state index in [0.29, 0.717) is 11.6 Å². The van der Waals surface area contributed by atoms with Crippen LogP contribution in [0.25, 0.3) is 0 Å². The lowest BCUT2D eigenvalue weighted by atomic mass is 10.1. The maximum Gasteiger partial charge on any atom is 0.137 e. The van der Waals surface area contributed by atoms with E-state index >= 15 is 0 Å². The molecule has 0 radical (unpaired) electrons. The van der Waals surface area contributed by atoms with Gasteiger partial charge in [0.05, 0.1) is 12.1 Å². The molecule has 0 saturated heterocycles. The van der Waals surface area contributed by atoms with Crippen molar-refractivity contribution in [2.45, 2.75) is 6.42 Å². The average molecular weight is 243 g/mol. The van der Waals surface area contributed by atoms with Crippen molar-refractivity contribution in [2.24, 2.45) is 5.73 Å². The van der Waals surface area contributed by atoms with Crippen molar-refractivity contribution in [1.82, 2.24) is 4.90 Å². The number of nitrogens with two attached hydrogens (primary N) is 1. The summed E-state index contributed by atoms with van der Waals surface area (Å²) in [6.45, 7) is 2.60. The normalized spacial score (nSPS) is 10.8. The maximum atomic E-state index is 6.05. The number of hydrogen-bond acceptors (Lipinski definition) is 3. The van der Waals surface area contributed by atoms with Crippen LogP contribution in [-0.4, -0.2) is 38.7 Å². The van der Waals surface area contributed by atoms with Crippen LogP contribution >= 0.6 is 11.6 Å². The first-order valence-electron chi connectivity index (χ1n) is 5.38. The van der Waals surface area contributed by atoms with Gasteiger partial charge in [-0.2, -0.15) is 0 Å². The van der Waals surface area contributed by atoms with Crippen LogP contribution in [0.4, 0.5) is 0 Å². The first kappa shape index (κ1) is 13.3. The zero-order chi connectivity index (χ0) is 12.0. The summed E-state index contributed by atoms with van der Waals surface area (Å²) < 4.78 is 5.11. The summed E-state index contributed by atoms with van der Waals surface area (Å²) in [7, 11) is 3.69. The lowest BCUT2D eigenvalue weighted by molar-refractivity contribution is 0.348. The number of likely N-dealkylation sites (N-methyl/N-ethyl adjacent to an activating group) is 1. The molecule has 1 rings (SSSR count). The van der Waals surface area contributed by atoms with Gasteiger partial charge in [0.1, 0.15) is 5.75 Å². The van der Waals surface area contributed by atoms with Gasteiger partial charge in [-0.25, -0.2) is 0 Å². The van der Waals surface area contributed by atoms with Crippen LogP contribution in [0.15, 0.2) is 18.2 Å². The number of hydrogen-bond donors (Lipinski definition) is 1. The molecule has 0 fully saturated rings. The fraction of sp³-hybridized carbons (Fsp3) is 0.500. The van der Waals surface area contributed by atoms with E-state index in [-0.39, 0.29) is 0 Å². The van der Waals surface area contributed by atoms with Crippen LogP contribution in [0.2, 0.25) is 5.02 Å². The van der Waals surface area contributed by atoms with E-state index in [0.717, 1.165) is 25.3 Å². The van der Waals surface area contributed by atoms with Gasteiger partial charge < -0.3 is 15.4 Å². The van der Waals surface area contributed by atoms with Gasteiger partial charge in [0.25, 0.3) is 0 Å². The van der Waals surface area contributed by atoms with Crippen LogP contribution < -0.4 is 10.5 Å². The second-order valence-electron chi connectivity index (χ2n) is 3.81. The van der Waals surface area contributed by atoms with Gasteiger partial charge in [-0.05, 0) is 31.2 Å². The van der Waals surface area contributed by atoms with Gasteiger partial charge in [-0.1, -0.05) is 17.7 Å². The standard InChI is InChI=1S/C12H19ClN2O/c1-15(8-6-14)7-5-10-3-4-12(16-2)11(13)9-10/h3-4,9H,5-8,14H2,1-2H3. The summed E-state index contributed by atoms with van der Waals surface area (Å²) >= 11 is 6.05. The van der Waals surface area contributed by atoms with Gasteiger partial charge in [0, 0.05) is 19.6 Å². The summed E-state index contributed by atoms with van der Waals surface area (Å²) in [5.74, 6) is 0.723. The molecule has 0 unspecified atom stereocenters. The third-order valence-corrected chi connectivity index (χ3v) is 2.80. The van der Waals surface area contributed by atoms with E-state index < -0.39 is 0 Å². The van der Waals surface area contributed by atoms with Crippen LogP contribution in [-0.2, 0) is 6.42 Å². The van der Waals surface area contributed by atoms with Crippen LogP contribution in [0, 0.1) is 0 Å². The van der Waals surface area contributed by atoms with E-state index in [9.17, 15) is 0 Å². The fourth-order valence-corrected chi connectivity index (χ4v) is 1.80. The number of rotatable bonds is 6. The van der Waals surface area contributed by atoms with Gasteiger partial charge in [-0.15, -0.1) is 0 Å². The van der Waals surface area contributed by atoms with E-state index in [1.54, 1.807) is 7.11 Å². The summed E-state index contributed by atoms with van der Waals surface area (Å²) in [5.41, 5.74) is 6.70. The summed E-state index contributed by atoms with van der Waals surface area (Å²) in [4.78, 5) is 2.21. The Labute approximate surface area is 102 Å². The molecule has 0 aliphatic heterocycles. The highest BCUT2D eigenvalue weighted by atomic mass is 35.5. The van der Waals surface area contributed by atoms with E-state index in [1.807, 2.05) is 18.2 Å². The molecule has 90 valence electrons. The maximum absolute atomic E-state index is 6.05. The average Bonchev–Trinajstić information content (AvgIpc) is 2.27. The Balaban J connectivity index is 2.51. The summed E-state index contributed by atoms with van der Waals surface area (Å²) in [6.07, 6.45) is 0.972. The number of nitrogens with zero attached hydrogens (tertiary/aromatic N) is 1. The molecule has 16 heavy (non-hydrogen) atoms. The van der Waals surface area contributed by atoms with Gasteiger partial charge in [-0.3, -0.25) is 0 Å². The van der Waals surface area contributed by atoms with Crippen LogP contribution in [0.1, 0.15) is 5.56 Å². The van der Waals surface area contributed by atoms with Crippen molar-refractivity contribution < 1.29 is 4.74 Å². The molecule has 2 N–H and O–H groups in total. The van der Waals surface area contributed by atoms with Crippen molar-refractivity contribution in [1.29, 1.82) is 0 Å². The smallest absolute Gasteiger partial charge is 0.137 e. The molecular formula is C12H19ClN2O. The fourth-order valence-electron chi connectivity index (χ4n) is 1.52. The predicted molar refractivity (Wildman–Crippen MR) is 68.3 cm³/mol. The van der Waals surface area contributed by atoms with Gasteiger partial charge in [0.15, 0.2) is 0 Å². The topological polar surface area (TPSA) is 38.5 Å². The SMILES string of the molecule is COc1ccc(CCN(C)CCN)cc1Cl.